The number of piperidine rings is 1. The molecule has 3 rings (SSSR count). The van der Waals surface area contributed by atoms with Crippen molar-refractivity contribution in [2.75, 3.05) is 31.5 Å². The Morgan fingerprint density at radius 1 is 1.08 bits per heavy atom. The summed E-state index contributed by atoms with van der Waals surface area (Å²) in [5, 5.41) is 16.8. The van der Waals surface area contributed by atoms with Gasteiger partial charge >= 0.3 is 0 Å². The molecule has 2 fully saturated rings. The molecule has 0 atom stereocenters. The van der Waals surface area contributed by atoms with E-state index in [1.54, 1.807) is 18.2 Å². The van der Waals surface area contributed by atoms with Crippen molar-refractivity contribution in [2.24, 2.45) is 11.8 Å². The highest BCUT2D eigenvalue weighted by Crippen LogP contribution is 2.32. The van der Waals surface area contributed by atoms with Gasteiger partial charge < -0.3 is 15.5 Å². The number of para-hydroxylation sites is 2. The number of carbonyl (C=O) groups excluding carboxylic acids is 2. The van der Waals surface area contributed by atoms with Crippen LogP contribution in [-0.2, 0) is 9.59 Å². The van der Waals surface area contributed by atoms with Crippen LogP contribution in [0.3, 0.4) is 0 Å². The Bertz CT molecular complexity index is 682. The highest BCUT2D eigenvalue weighted by atomic mass is 16.6. The predicted octanol–water partition coefficient (Wildman–Crippen LogP) is 1.77. The first-order valence-corrected chi connectivity index (χ1v) is 9.10. The maximum atomic E-state index is 12.3. The fourth-order valence-electron chi connectivity index (χ4n) is 3.26. The maximum absolute atomic E-state index is 12.3. The molecule has 0 radical (unpaired) electrons. The van der Waals surface area contributed by atoms with Crippen LogP contribution in [0.2, 0.25) is 0 Å². The predicted molar refractivity (Wildman–Crippen MR) is 96.6 cm³/mol. The molecule has 1 aliphatic carbocycles. The Kier molecular flexibility index (Phi) is 5.70. The number of nitro groups is 1. The van der Waals surface area contributed by atoms with Crippen molar-refractivity contribution in [3.05, 3.63) is 34.4 Å². The van der Waals surface area contributed by atoms with Crippen LogP contribution in [0.1, 0.15) is 25.7 Å². The van der Waals surface area contributed by atoms with Crippen molar-refractivity contribution in [1.29, 1.82) is 0 Å². The quantitative estimate of drug-likeness (QED) is 0.438. The first kappa shape index (κ1) is 18.2. The van der Waals surface area contributed by atoms with Gasteiger partial charge in [0.25, 0.3) is 5.69 Å². The number of benzene rings is 1. The standard InChI is InChI=1S/C18H24N4O4/c23-17(13-7-11-21(12-8-13)18(24)14-5-6-14)20-10-9-19-15-3-1-2-4-16(15)22(25)26/h1-4,13-14,19H,5-12H2,(H,20,23). The van der Waals surface area contributed by atoms with E-state index in [0.29, 0.717) is 44.7 Å². The van der Waals surface area contributed by atoms with Crippen molar-refractivity contribution >= 4 is 23.2 Å². The van der Waals surface area contributed by atoms with Crippen LogP contribution >= 0.6 is 0 Å². The minimum Gasteiger partial charge on any atom is -0.378 e. The van der Waals surface area contributed by atoms with E-state index in [4.69, 9.17) is 0 Å². The Morgan fingerprint density at radius 2 is 1.77 bits per heavy atom. The van der Waals surface area contributed by atoms with Crippen LogP contribution in [0.4, 0.5) is 11.4 Å². The van der Waals surface area contributed by atoms with Crippen LogP contribution < -0.4 is 10.6 Å². The third-order valence-corrected chi connectivity index (χ3v) is 4.94. The van der Waals surface area contributed by atoms with E-state index in [-0.39, 0.29) is 29.3 Å². The molecule has 1 aromatic rings. The van der Waals surface area contributed by atoms with Gasteiger partial charge in [-0.1, -0.05) is 12.1 Å². The number of anilines is 1. The lowest BCUT2D eigenvalue weighted by Gasteiger charge is -2.31. The van der Waals surface area contributed by atoms with E-state index in [0.717, 1.165) is 12.8 Å². The molecule has 0 bridgehead atoms. The molecule has 1 saturated heterocycles. The maximum Gasteiger partial charge on any atom is 0.292 e. The number of carbonyl (C=O) groups is 2. The fraction of sp³-hybridized carbons (Fsp3) is 0.556. The number of nitrogens with zero attached hydrogens (tertiary/aromatic N) is 2. The average Bonchev–Trinajstić information content (AvgIpc) is 3.50. The molecule has 8 nitrogen and oxygen atoms in total. The second kappa shape index (κ2) is 8.16. The Morgan fingerprint density at radius 3 is 2.42 bits per heavy atom. The Balaban J connectivity index is 1.37. The monoisotopic (exact) mass is 360 g/mol. The highest BCUT2D eigenvalue weighted by Gasteiger charge is 2.35. The average molecular weight is 360 g/mol. The second-order valence-corrected chi connectivity index (χ2v) is 6.87. The van der Waals surface area contributed by atoms with Crippen LogP contribution in [0.25, 0.3) is 0 Å². The van der Waals surface area contributed by atoms with Crippen LogP contribution in [-0.4, -0.2) is 47.8 Å². The molecule has 1 aliphatic heterocycles. The first-order valence-electron chi connectivity index (χ1n) is 9.10. The number of nitro benzene ring substituents is 1. The fourth-order valence-corrected chi connectivity index (χ4v) is 3.26. The van der Waals surface area contributed by atoms with Crippen molar-refractivity contribution < 1.29 is 14.5 Å². The Labute approximate surface area is 152 Å². The zero-order chi connectivity index (χ0) is 18.5. The van der Waals surface area contributed by atoms with Gasteiger partial charge in [0.1, 0.15) is 5.69 Å². The molecule has 0 aromatic heterocycles. The van der Waals surface area contributed by atoms with Gasteiger partial charge in [-0.15, -0.1) is 0 Å². The molecule has 8 heteroatoms. The van der Waals surface area contributed by atoms with Gasteiger partial charge in [0.15, 0.2) is 0 Å². The van der Waals surface area contributed by atoms with Gasteiger partial charge in [-0.05, 0) is 31.7 Å². The molecule has 1 saturated carbocycles. The van der Waals surface area contributed by atoms with Gasteiger partial charge in [0.2, 0.25) is 11.8 Å². The first-order chi connectivity index (χ1) is 12.6. The van der Waals surface area contributed by atoms with Gasteiger partial charge in [-0.2, -0.15) is 0 Å². The van der Waals surface area contributed by atoms with Crippen LogP contribution in [0.5, 0.6) is 0 Å². The molecule has 2 aliphatic rings. The summed E-state index contributed by atoms with van der Waals surface area (Å²) in [6.07, 6.45) is 3.40. The third kappa shape index (κ3) is 4.50. The summed E-state index contributed by atoms with van der Waals surface area (Å²) >= 11 is 0. The lowest BCUT2D eigenvalue weighted by Crippen LogP contribution is -2.44. The van der Waals surface area contributed by atoms with Crippen molar-refractivity contribution in [1.82, 2.24) is 10.2 Å². The molecule has 0 unspecified atom stereocenters. The minimum absolute atomic E-state index is 0.00659. The zero-order valence-corrected chi connectivity index (χ0v) is 14.6. The smallest absolute Gasteiger partial charge is 0.292 e. The molecule has 26 heavy (non-hydrogen) atoms. The summed E-state index contributed by atoms with van der Waals surface area (Å²) in [6, 6.07) is 6.43. The molecule has 1 aromatic carbocycles. The number of likely N-dealkylation sites (tertiary alicyclic amines) is 1. The topological polar surface area (TPSA) is 105 Å². The van der Waals surface area contributed by atoms with Gasteiger partial charge in [0, 0.05) is 44.1 Å². The number of rotatable bonds is 7. The minimum atomic E-state index is -0.433. The van der Waals surface area contributed by atoms with Crippen molar-refractivity contribution in [3.63, 3.8) is 0 Å². The summed E-state index contributed by atoms with van der Waals surface area (Å²) in [5.41, 5.74) is 0.463. The number of nitrogens with one attached hydrogen (secondary N) is 2. The van der Waals surface area contributed by atoms with E-state index in [1.165, 1.54) is 6.07 Å². The normalized spacial score (nSPS) is 17.6. The summed E-state index contributed by atoms with van der Waals surface area (Å²) in [4.78, 5) is 36.7. The number of hydrogen-bond donors (Lipinski definition) is 2. The van der Waals surface area contributed by atoms with E-state index in [2.05, 4.69) is 10.6 Å². The number of amides is 2. The van der Waals surface area contributed by atoms with E-state index < -0.39 is 4.92 Å². The van der Waals surface area contributed by atoms with Gasteiger partial charge in [-0.25, -0.2) is 0 Å². The van der Waals surface area contributed by atoms with E-state index in [9.17, 15) is 19.7 Å². The van der Waals surface area contributed by atoms with Crippen LogP contribution in [0, 0.1) is 22.0 Å². The van der Waals surface area contributed by atoms with Gasteiger partial charge in [0.05, 0.1) is 4.92 Å². The molecule has 0 spiro atoms. The molecule has 2 amide bonds. The largest absolute Gasteiger partial charge is 0.378 e. The zero-order valence-electron chi connectivity index (χ0n) is 14.6. The summed E-state index contributed by atoms with van der Waals surface area (Å²) in [7, 11) is 0. The number of hydrogen-bond acceptors (Lipinski definition) is 5. The molecule has 140 valence electrons. The van der Waals surface area contributed by atoms with Crippen molar-refractivity contribution in [2.45, 2.75) is 25.7 Å². The highest BCUT2D eigenvalue weighted by molar-refractivity contribution is 5.82. The van der Waals surface area contributed by atoms with E-state index >= 15 is 0 Å². The summed E-state index contributed by atoms with van der Waals surface area (Å²) < 4.78 is 0. The summed E-state index contributed by atoms with van der Waals surface area (Å²) in [6.45, 7) is 2.12. The van der Waals surface area contributed by atoms with E-state index in [1.807, 2.05) is 4.90 Å². The van der Waals surface area contributed by atoms with Crippen molar-refractivity contribution in [3.8, 4) is 0 Å². The third-order valence-electron chi connectivity index (χ3n) is 4.94. The molecular weight excluding hydrogens is 336 g/mol. The second-order valence-electron chi connectivity index (χ2n) is 6.87. The lowest BCUT2D eigenvalue weighted by molar-refractivity contribution is -0.384. The Hall–Kier alpha value is -2.64. The molecular formula is C18H24N4O4. The SMILES string of the molecule is O=C(NCCNc1ccccc1[N+](=O)[O-])C1CCN(C(=O)C2CC2)CC1. The lowest BCUT2D eigenvalue weighted by atomic mass is 9.95. The van der Waals surface area contributed by atoms with Gasteiger partial charge in [-0.3, -0.25) is 19.7 Å². The molecule has 2 N–H and O–H groups in total. The van der Waals surface area contributed by atoms with Crippen LogP contribution in [0.15, 0.2) is 24.3 Å². The summed E-state index contributed by atoms with van der Waals surface area (Å²) in [5.74, 6) is 0.406. The molecule has 1 heterocycles.